The Morgan fingerprint density at radius 1 is 1.55 bits per heavy atom. The lowest BCUT2D eigenvalue weighted by molar-refractivity contribution is 0.122. The normalized spacial score (nSPS) is 13.9. The Balaban J connectivity index is 2.76. The van der Waals surface area contributed by atoms with E-state index in [1.54, 1.807) is 17.9 Å². The molecule has 0 bridgehead atoms. The Kier molecular flexibility index (Phi) is 2.24. The van der Waals surface area contributed by atoms with Crippen LogP contribution in [0.15, 0.2) is 6.20 Å². The highest BCUT2D eigenvalue weighted by Gasteiger charge is 2.14. The van der Waals surface area contributed by atoms with E-state index in [-0.39, 0.29) is 5.92 Å². The van der Waals surface area contributed by atoms with Crippen molar-refractivity contribution in [2.24, 2.45) is 13.0 Å². The van der Waals surface area contributed by atoms with Gasteiger partial charge in [-0.25, -0.2) is 0 Å². The minimum atomic E-state index is -0.497. The van der Waals surface area contributed by atoms with Gasteiger partial charge in [0.05, 0.1) is 6.20 Å². The molecule has 0 fully saturated rings. The molecule has 0 aliphatic carbocycles. The second-order valence-electron chi connectivity index (χ2n) is 3.01. The van der Waals surface area contributed by atoms with Gasteiger partial charge in [0.2, 0.25) is 0 Å². The van der Waals surface area contributed by atoms with Gasteiger partial charge >= 0.3 is 0 Å². The molecule has 0 aromatic carbocycles. The summed E-state index contributed by atoms with van der Waals surface area (Å²) >= 11 is 0. The lowest BCUT2D eigenvalue weighted by Gasteiger charge is -2.09. The fourth-order valence-corrected chi connectivity index (χ4v) is 0.842. The molecule has 1 rings (SSSR count). The van der Waals surface area contributed by atoms with Crippen LogP contribution >= 0.6 is 0 Å². The van der Waals surface area contributed by atoms with Gasteiger partial charge in [-0.2, -0.15) is 0 Å². The van der Waals surface area contributed by atoms with Crippen LogP contribution in [0.5, 0.6) is 0 Å². The van der Waals surface area contributed by atoms with Gasteiger partial charge in [-0.1, -0.05) is 19.1 Å². The second-order valence-corrected chi connectivity index (χ2v) is 3.01. The number of aliphatic hydroxyl groups excluding tert-OH is 1. The predicted molar refractivity (Wildman–Crippen MR) is 40.8 cm³/mol. The van der Waals surface area contributed by atoms with E-state index < -0.39 is 6.10 Å². The van der Waals surface area contributed by atoms with Crippen molar-refractivity contribution in [2.45, 2.75) is 20.0 Å². The van der Waals surface area contributed by atoms with Crippen LogP contribution < -0.4 is 0 Å². The number of aromatic nitrogens is 3. The van der Waals surface area contributed by atoms with Crippen molar-refractivity contribution in [1.29, 1.82) is 0 Å². The molecule has 0 saturated carbocycles. The first-order valence-electron chi connectivity index (χ1n) is 3.65. The molecule has 62 valence electrons. The topological polar surface area (TPSA) is 50.9 Å². The van der Waals surface area contributed by atoms with Crippen LogP contribution in [0.1, 0.15) is 25.6 Å². The SMILES string of the molecule is CC(C)C(O)c1cn(C)nn1. The van der Waals surface area contributed by atoms with Crippen molar-refractivity contribution >= 4 is 0 Å². The molecule has 1 atom stereocenters. The highest BCUT2D eigenvalue weighted by atomic mass is 16.3. The van der Waals surface area contributed by atoms with Crippen LogP contribution in [-0.4, -0.2) is 20.1 Å². The van der Waals surface area contributed by atoms with E-state index >= 15 is 0 Å². The molecule has 11 heavy (non-hydrogen) atoms. The molecule has 0 spiro atoms. The summed E-state index contributed by atoms with van der Waals surface area (Å²) < 4.78 is 1.58. The molecule has 4 heteroatoms. The molecule has 1 aromatic rings. The number of hydrogen-bond donors (Lipinski definition) is 1. The quantitative estimate of drug-likeness (QED) is 0.676. The molecule has 0 saturated heterocycles. The smallest absolute Gasteiger partial charge is 0.111 e. The predicted octanol–water partition coefficient (Wildman–Crippen LogP) is 0.504. The zero-order valence-electron chi connectivity index (χ0n) is 7.02. The van der Waals surface area contributed by atoms with Crippen LogP contribution in [0.4, 0.5) is 0 Å². The Bertz CT molecular complexity index is 231. The monoisotopic (exact) mass is 155 g/mol. The molecule has 0 aliphatic heterocycles. The molecule has 0 radical (unpaired) electrons. The molecule has 0 amide bonds. The Hall–Kier alpha value is -0.900. The fourth-order valence-electron chi connectivity index (χ4n) is 0.842. The van der Waals surface area contributed by atoms with Gasteiger partial charge in [0.1, 0.15) is 11.8 Å². The standard InChI is InChI=1S/C7H13N3O/c1-5(2)7(11)6-4-10(3)9-8-6/h4-5,7,11H,1-3H3. The van der Waals surface area contributed by atoms with Crippen molar-refractivity contribution in [3.63, 3.8) is 0 Å². The largest absolute Gasteiger partial charge is 0.386 e. The van der Waals surface area contributed by atoms with Crippen LogP contribution in [0.2, 0.25) is 0 Å². The maximum Gasteiger partial charge on any atom is 0.111 e. The molecule has 1 aromatic heterocycles. The number of rotatable bonds is 2. The number of aryl methyl sites for hydroxylation is 1. The van der Waals surface area contributed by atoms with Crippen molar-refractivity contribution in [1.82, 2.24) is 15.0 Å². The maximum absolute atomic E-state index is 9.50. The van der Waals surface area contributed by atoms with Crippen LogP contribution in [0, 0.1) is 5.92 Å². The fraction of sp³-hybridized carbons (Fsp3) is 0.714. The van der Waals surface area contributed by atoms with E-state index in [1.807, 2.05) is 13.8 Å². The first-order chi connectivity index (χ1) is 5.11. The molecule has 4 nitrogen and oxygen atoms in total. The number of hydrogen-bond acceptors (Lipinski definition) is 3. The van der Waals surface area contributed by atoms with Crippen LogP contribution in [0.3, 0.4) is 0 Å². The highest BCUT2D eigenvalue weighted by molar-refractivity contribution is 4.97. The molecular weight excluding hydrogens is 142 g/mol. The summed E-state index contributed by atoms with van der Waals surface area (Å²) in [5.41, 5.74) is 0.641. The van der Waals surface area contributed by atoms with Gasteiger partial charge in [-0.15, -0.1) is 5.10 Å². The van der Waals surface area contributed by atoms with Crippen molar-refractivity contribution in [3.8, 4) is 0 Å². The van der Waals surface area contributed by atoms with E-state index in [1.165, 1.54) is 0 Å². The van der Waals surface area contributed by atoms with E-state index in [0.717, 1.165) is 0 Å². The highest BCUT2D eigenvalue weighted by Crippen LogP contribution is 2.17. The summed E-state index contributed by atoms with van der Waals surface area (Å²) in [6.07, 6.45) is 1.23. The zero-order chi connectivity index (χ0) is 8.43. The summed E-state index contributed by atoms with van der Waals surface area (Å²) in [4.78, 5) is 0. The van der Waals surface area contributed by atoms with Gasteiger partial charge in [-0.05, 0) is 5.92 Å². The first kappa shape index (κ1) is 8.20. The second kappa shape index (κ2) is 3.00. The van der Waals surface area contributed by atoms with Gasteiger partial charge in [0, 0.05) is 7.05 Å². The van der Waals surface area contributed by atoms with Gasteiger partial charge < -0.3 is 5.11 Å². The minimum Gasteiger partial charge on any atom is -0.386 e. The Labute approximate surface area is 65.8 Å². The van der Waals surface area contributed by atoms with Crippen molar-refractivity contribution in [3.05, 3.63) is 11.9 Å². The van der Waals surface area contributed by atoms with E-state index in [2.05, 4.69) is 10.3 Å². The molecule has 1 heterocycles. The average Bonchev–Trinajstić information content (AvgIpc) is 2.34. The molecule has 1 N–H and O–H groups in total. The third-order valence-electron chi connectivity index (χ3n) is 1.55. The lowest BCUT2D eigenvalue weighted by atomic mass is 10.1. The average molecular weight is 155 g/mol. The van der Waals surface area contributed by atoms with E-state index in [9.17, 15) is 5.11 Å². The summed E-state index contributed by atoms with van der Waals surface area (Å²) in [6, 6.07) is 0. The number of nitrogens with zero attached hydrogens (tertiary/aromatic N) is 3. The van der Waals surface area contributed by atoms with Crippen molar-refractivity contribution in [2.75, 3.05) is 0 Å². The van der Waals surface area contributed by atoms with Crippen LogP contribution in [0.25, 0.3) is 0 Å². The lowest BCUT2D eigenvalue weighted by Crippen LogP contribution is -2.05. The molecular formula is C7H13N3O. The number of aliphatic hydroxyl groups is 1. The van der Waals surface area contributed by atoms with E-state index in [4.69, 9.17) is 0 Å². The third-order valence-corrected chi connectivity index (χ3v) is 1.55. The van der Waals surface area contributed by atoms with Gasteiger partial charge in [0.15, 0.2) is 0 Å². The summed E-state index contributed by atoms with van der Waals surface area (Å²) in [6.45, 7) is 3.89. The van der Waals surface area contributed by atoms with Gasteiger partial charge in [-0.3, -0.25) is 4.68 Å². The van der Waals surface area contributed by atoms with Crippen LogP contribution in [-0.2, 0) is 7.05 Å². The first-order valence-corrected chi connectivity index (χ1v) is 3.65. The van der Waals surface area contributed by atoms with Gasteiger partial charge in [0.25, 0.3) is 0 Å². The Morgan fingerprint density at radius 2 is 2.18 bits per heavy atom. The Morgan fingerprint density at radius 3 is 2.55 bits per heavy atom. The molecule has 1 unspecified atom stereocenters. The van der Waals surface area contributed by atoms with Crippen molar-refractivity contribution < 1.29 is 5.11 Å². The summed E-state index contributed by atoms with van der Waals surface area (Å²) in [7, 11) is 1.78. The maximum atomic E-state index is 9.50. The zero-order valence-corrected chi connectivity index (χ0v) is 7.02. The summed E-state index contributed by atoms with van der Waals surface area (Å²) in [5.74, 6) is 0.187. The third kappa shape index (κ3) is 1.77. The summed E-state index contributed by atoms with van der Waals surface area (Å²) in [5, 5.41) is 17.0. The van der Waals surface area contributed by atoms with E-state index in [0.29, 0.717) is 5.69 Å². The minimum absolute atomic E-state index is 0.187. The molecule has 0 aliphatic rings.